The quantitative estimate of drug-likeness (QED) is 0.833. The second-order valence-corrected chi connectivity index (χ2v) is 7.51. The molecule has 2 amide bonds. The van der Waals surface area contributed by atoms with Crippen LogP contribution in [0.2, 0.25) is 0 Å². The zero-order valence-corrected chi connectivity index (χ0v) is 16.4. The van der Waals surface area contributed by atoms with Crippen molar-refractivity contribution in [1.82, 2.24) is 4.90 Å². The van der Waals surface area contributed by atoms with Crippen LogP contribution in [-0.4, -0.2) is 49.0 Å². The van der Waals surface area contributed by atoms with Crippen molar-refractivity contribution in [1.29, 1.82) is 0 Å². The lowest BCUT2D eigenvalue weighted by Gasteiger charge is -2.38. The summed E-state index contributed by atoms with van der Waals surface area (Å²) in [5, 5.41) is 2.40. The molecule has 8 heteroatoms. The molecule has 0 aromatic heterocycles. The van der Waals surface area contributed by atoms with E-state index in [1.807, 2.05) is 11.0 Å². The van der Waals surface area contributed by atoms with Gasteiger partial charge in [0.15, 0.2) is 6.10 Å². The molecular weight excluding hydrogens is 392 g/mol. The zero-order chi connectivity index (χ0) is 21.1. The number of carbonyl (C=O) groups is 2. The minimum Gasteiger partial charge on any atom is -0.477 e. The van der Waals surface area contributed by atoms with Crippen molar-refractivity contribution in [3.63, 3.8) is 0 Å². The summed E-state index contributed by atoms with van der Waals surface area (Å²) >= 11 is 0. The van der Waals surface area contributed by atoms with E-state index in [2.05, 4.69) is 5.32 Å². The molecule has 1 fully saturated rings. The first-order chi connectivity index (χ1) is 14.5. The largest absolute Gasteiger partial charge is 0.477 e. The van der Waals surface area contributed by atoms with Gasteiger partial charge < -0.3 is 19.9 Å². The highest BCUT2D eigenvalue weighted by atomic mass is 19.1. The van der Waals surface area contributed by atoms with Gasteiger partial charge in [-0.2, -0.15) is 0 Å². The minimum atomic E-state index is -0.725. The zero-order valence-electron chi connectivity index (χ0n) is 16.4. The van der Waals surface area contributed by atoms with Crippen molar-refractivity contribution in [3.8, 4) is 5.75 Å². The third-order valence-electron chi connectivity index (χ3n) is 5.34. The average Bonchev–Trinajstić information content (AvgIpc) is 2.76. The van der Waals surface area contributed by atoms with Gasteiger partial charge in [-0.15, -0.1) is 0 Å². The number of likely N-dealkylation sites (tertiary alicyclic amines) is 1. The van der Waals surface area contributed by atoms with Crippen LogP contribution >= 0.6 is 0 Å². The van der Waals surface area contributed by atoms with Crippen LogP contribution in [0.1, 0.15) is 19.3 Å². The Morgan fingerprint density at radius 2 is 1.83 bits per heavy atom. The lowest BCUT2D eigenvalue weighted by Crippen LogP contribution is -2.52. The van der Waals surface area contributed by atoms with Gasteiger partial charge in [-0.3, -0.25) is 9.59 Å². The standard InChI is InChI=1S/C22H23F2N3O3/c23-15-8-9-16(24)17(12-15)25-21(28)14-27-13-20(22(29)26-10-4-1-5-11-26)30-19-7-3-2-6-18(19)27/h2-3,6-9,12,20H,1,4-5,10-11,13-14H2,(H,25,28)/t20-/m0/s1. The lowest BCUT2D eigenvalue weighted by molar-refractivity contribution is -0.139. The van der Waals surface area contributed by atoms with Crippen LogP contribution in [0.15, 0.2) is 42.5 Å². The number of hydrogen-bond donors (Lipinski definition) is 1. The second kappa shape index (κ2) is 8.69. The first-order valence-corrected chi connectivity index (χ1v) is 10.1. The summed E-state index contributed by atoms with van der Waals surface area (Å²) in [6.45, 7) is 1.49. The molecule has 2 heterocycles. The van der Waals surface area contributed by atoms with E-state index in [9.17, 15) is 18.4 Å². The molecule has 2 aliphatic heterocycles. The highest BCUT2D eigenvalue weighted by molar-refractivity contribution is 5.95. The van der Waals surface area contributed by atoms with Crippen molar-refractivity contribution in [2.24, 2.45) is 0 Å². The third-order valence-corrected chi connectivity index (χ3v) is 5.34. The molecular formula is C22H23F2N3O3. The van der Waals surface area contributed by atoms with Crippen LogP contribution in [-0.2, 0) is 9.59 Å². The molecule has 1 atom stereocenters. The topological polar surface area (TPSA) is 61.9 Å². The monoisotopic (exact) mass is 415 g/mol. The number of nitrogens with one attached hydrogen (secondary N) is 1. The Hall–Kier alpha value is -3.16. The Bertz CT molecular complexity index is 947. The van der Waals surface area contributed by atoms with E-state index in [1.165, 1.54) is 0 Å². The Labute approximate surface area is 173 Å². The molecule has 2 aromatic carbocycles. The highest BCUT2D eigenvalue weighted by Crippen LogP contribution is 2.33. The van der Waals surface area contributed by atoms with Crippen molar-refractivity contribution in [2.75, 3.05) is 36.4 Å². The highest BCUT2D eigenvalue weighted by Gasteiger charge is 2.34. The van der Waals surface area contributed by atoms with Gasteiger partial charge in [0.25, 0.3) is 5.91 Å². The Morgan fingerprint density at radius 1 is 1.07 bits per heavy atom. The Balaban J connectivity index is 1.50. The van der Waals surface area contributed by atoms with Gasteiger partial charge in [-0.1, -0.05) is 12.1 Å². The number of carbonyl (C=O) groups excluding carboxylic acids is 2. The maximum atomic E-state index is 13.9. The molecule has 30 heavy (non-hydrogen) atoms. The van der Waals surface area contributed by atoms with Crippen molar-refractivity contribution in [2.45, 2.75) is 25.4 Å². The van der Waals surface area contributed by atoms with Crippen LogP contribution < -0.4 is 15.0 Å². The fourth-order valence-electron chi connectivity index (χ4n) is 3.86. The van der Waals surface area contributed by atoms with Crippen LogP contribution in [0.5, 0.6) is 5.75 Å². The van der Waals surface area contributed by atoms with Gasteiger partial charge in [0.2, 0.25) is 5.91 Å². The minimum absolute atomic E-state index is 0.0919. The third kappa shape index (κ3) is 4.37. The number of fused-ring (bicyclic) bond motifs is 1. The van der Waals surface area contributed by atoms with Crippen LogP contribution in [0.4, 0.5) is 20.2 Å². The maximum absolute atomic E-state index is 13.9. The summed E-state index contributed by atoms with van der Waals surface area (Å²) in [4.78, 5) is 29.0. The molecule has 0 spiro atoms. The predicted octanol–water partition coefficient (Wildman–Crippen LogP) is 3.18. The van der Waals surface area contributed by atoms with Crippen molar-refractivity contribution >= 4 is 23.2 Å². The average molecular weight is 415 g/mol. The number of para-hydroxylation sites is 2. The van der Waals surface area contributed by atoms with E-state index < -0.39 is 23.6 Å². The summed E-state index contributed by atoms with van der Waals surface area (Å²) in [7, 11) is 0. The molecule has 2 aliphatic rings. The van der Waals surface area contributed by atoms with Crippen molar-refractivity contribution < 1.29 is 23.1 Å². The van der Waals surface area contributed by atoms with Gasteiger partial charge in [-0.25, -0.2) is 8.78 Å². The molecule has 158 valence electrons. The Morgan fingerprint density at radius 3 is 2.63 bits per heavy atom. The van der Waals surface area contributed by atoms with E-state index in [4.69, 9.17) is 4.74 Å². The number of benzene rings is 2. The lowest BCUT2D eigenvalue weighted by atomic mass is 10.1. The number of ether oxygens (including phenoxy) is 1. The SMILES string of the molecule is O=C(CN1C[C@@H](C(=O)N2CCCCC2)Oc2ccccc21)Nc1cc(F)ccc1F. The van der Waals surface area contributed by atoms with Gasteiger partial charge in [0, 0.05) is 19.2 Å². The first kappa shape index (κ1) is 20.1. The summed E-state index contributed by atoms with van der Waals surface area (Å²) in [5.41, 5.74) is 0.456. The molecule has 0 aliphatic carbocycles. The maximum Gasteiger partial charge on any atom is 0.265 e. The van der Waals surface area contributed by atoms with E-state index in [-0.39, 0.29) is 24.7 Å². The van der Waals surface area contributed by atoms with Crippen molar-refractivity contribution in [3.05, 3.63) is 54.1 Å². The molecule has 0 bridgehead atoms. The van der Waals surface area contributed by atoms with E-state index >= 15 is 0 Å². The van der Waals surface area contributed by atoms with E-state index in [1.54, 1.807) is 23.1 Å². The summed E-state index contributed by atoms with van der Waals surface area (Å²) < 4.78 is 33.2. The number of amides is 2. The normalized spacial score (nSPS) is 18.4. The molecule has 6 nitrogen and oxygen atoms in total. The number of halogens is 2. The molecule has 4 rings (SSSR count). The number of rotatable bonds is 4. The second-order valence-electron chi connectivity index (χ2n) is 7.51. The number of anilines is 2. The number of piperidine rings is 1. The predicted molar refractivity (Wildman–Crippen MR) is 108 cm³/mol. The molecule has 0 radical (unpaired) electrons. The molecule has 1 saturated heterocycles. The number of nitrogens with zero attached hydrogens (tertiary/aromatic N) is 2. The first-order valence-electron chi connectivity index (χ1n) is 10.1. The fraction of sp³-hybridized carbons (Fsp3) is 0.364. The summed E-state index contributed by atoms with van der Waals surface area (Å²) in [6.07, 6.45) is 2.33. The fourth-order valence-corrected chi connectivity index (χ4v) is 3.86. The summed E-state index contributed by atoms with van der Waals surface area (Å²) in [5.74, 6) is -1.45. The molecule has 0 unspecified atom stereocenters. The number of hydrogen-bond acceptors (Lipinski definition) is 4. The smallest absolute Gasteiger partial charge is 0.265 e. The van der Waals surface area contributed by atoms with Gasteiger partial charge in [-0.05, 0) is 43.5 Å². The van der Waals surface area contributed by atoms with E-state index in [0.717, 1.165) is 37.5 Å². The molecule has 0 saturated carbocycles. The van der Waals surface area contributed by atoms with Gasteiger partial charge >= 0.3 is 0 Å². The molecule has 2 aromatic rings. The van der Waals surface area contributed by atoms with Crippen LogP contribution in [0.3, 0.4) is 0 Å². The Kier molecular flexibility index (Phi) is 5.83. The van der Waals surface area contributed by atoms with E-state index in [0.29, 0.717) is 24.5 Å². The summed E-state index contributed by atoms with van der Waals surface area (Å²) in [6, 6.07) is 10.0. The van der Waals surface area contributed by atoms with Crippen LogP contribution in [0, 0.1) is 11.6 Å². The molecule has 1 N–H and O–H groups in total. The van der Waals surface area contributed by atoms with Gasteiger partial charge in [0.05, 0.1) is 24.5 Å². The van der Waals surface area contributed by atoms with Crippen LogP contribution in [0.25, 0.3) is 0 Å². The van der Waals surface area contributed by atoms with Gasteiger partial charge in [0.1, 0.15) is 17.4 Å².